The molecule has 30 heavy (non-hydrogen) atoms. The number of carbonyl (C=O) groups excluding carboxylic acids is 1. The number of halogens is 1. The van der Waals surface area contributed by atoms with Crippen molar-refractivity contribution in [2.45, 2.75) is 6.92 Å². The molecule has 0 saturated carbocycles. The minimum Gasteiger partial charge on any atom is -1.00 e. The molecule has 0 saturated heterocycles. The van der Waals surface area contributed by atoms with E-state index in [4.69, 9.17) is 4.74 Å². The lowest BCUT2D eigenvalue weighted by Crippen LogP contribution is -3.00. The first-order valence-electron chi connectivity index (χ1n) is 9.75. The number of carbonyl (C=O) groups is 1. The fraction of sp³-hybridized carbons (Fsp3) is 0.167. The lowest BCUT2D eigenvalue weighted by atomic mass is 9.99. The lowest BCUT2D eigenvalue weighted by Gasteiger charge is -2.20. The first-order valence-corrected chi connectivity index (χ1v) is 9.75. The van der Waals surface area contributed by atoms with E-state index in [1.54, 1.807) is 6.92 Å². The van der Waals surface area contributed by atoms with Gasteiger partial charge in [0.15, 0.2) is 0 Å². The molecule has 5 aromatic rings. The van der Waals surface area contributed by atoms with Gasteiger partial charge in [-0.1, -0.05) is 30.3 Å². The highest BCUT2D eigenvalue weighted by molar-refractivity contribution is 6.24. The molecule has 152 valence electrons. The minimum absolute atomic E-state index is 0. The summed E-state index contributed by atoms with van der Waals surface area (Å²) < 4.78 is 9.51. The smallest absolute Gasteiger partial charge is 0.595 e. The maximum atomic E-state index is 11.9. The number of hydrogen-bond donors (Lipinski definition) is 1. The summed E-state index contributed by atoms with van der Waals surface area (Å²) in [5.41, 5.74) is 4.62. The summed E-state index contributed by atoms with van der Waals surface area (Å²) in [6.45, 7) is 2.14. The fourth-order valence-corrected chi connectivity index (χ4v) is 4.39. The zero-order valence-electron chi connectivity index (χ0n) is 17.1. The Hall–Kier alpha value is -2.87. The summed E-state index contributed by atoms with van der Waals surface area (Å²) >= 11 is 0. The highest BCUT2D eigenvalue weighted by Gasteiger charge is 2.16. The molecule has 6 heteroatoms. The molecule has 0 atom stereocenters. The highest BCUT2D eigenvalue weighted by atomic mass is 127. The van der Waals surface area contributed by atoms with Crippen LogP contribution in [0.3, 0.4) is 0 Å². The molecule has 2 aromatic heterocycles. The first-order chi connectivity index (χ1) is 14.1. The summed E-state index contributed by atoms with van der Waals surface area (Å²) in [6.07, 6.45) is -0.439. The van der Waals surface area contributed by atoms with Crippen LogP contribution in [0.15, 0.2) is 60.7 Å². The van der Waals surface area contributed by atoms with Crippen LogP contribution in [0.4, 0.5) is 4.79 Å². The van der Waals surface area contributed by atoms with Crippen LogP contribution in [0.25, 0.3) is 43.6 Å². The molecule has 0 aliphatic carbocycles. The number of benzene rings is 3. The molecule has 0 aliphatic rings. The molecule has 3 aromatic carbocycles. The van der Waals surface area contributed by atoms with Gasteiger partial charge in [-0.05, 0) is 30.5 Å². The van der Waals surface area contributed by atoms with Crippen molar-refractivity contribution in [2.75, 3.05) is 6.61 Å². The van der Waals surface area contributed by atoms with Crippen LogP contribution in [0.1, 0.15) is 6.92 Å². The van der Waals surface area contributed by atoms with E-state index < -0.39 is 6.09 Å². The molecule has 5 nitrogen and oxygen atoms in total. The molecule has 5 rings (SSSR count). The van der Waals surface area contributed by atoms with Crippen LogP contribution in [0, 0.1) is 0 Å². The average Bonchev–Trinajstić information content (AvgIpc) is 2.73. The van der Waals surface area contributed by atoms with Gasteiger partial charge in [0.25, 0.3) is 0 Å². The molecule has 0 fully saturated rings. The molecule has 2 heterocycles. The zero-order valence-corrected chi connectivity index (χ0v) is 19.2. The second-order valence-corrected chi connectivity index (χ2v) is 7.26. The Kier molecular flexibility index (Phi) is 5.27. The van der Waals surface area contributed by atoms with Gasteiger partial charge in [-0.3, -0.25) is 0 Å². The SMILES string of the molecule is CCOC(=O)[NH+]=c1ccc2c3cccc4c3c(c3ccccc3n4C)n(C)c2c1.[I-]. The zero-order chi connectivity index (χ0) is 20.1. The van der Waals surface area contributed by atoms with E-state index in [-0.39, 0.29) is 24.0 Å². The van der Waals surface area contributed by atoms with E-state index in [9.17, 15) is 4.79 Å². The number of ether oxygens (including phenoxy) is 1. The van der Waals surface area contributed by atoms with E-state index in [1.165, 1.54) is 32.7 Å². The monoisotopic (exact) mass is 511 g/mol. The van der Waals surface area contributed by atoms with Crippen LogP contribution in [-0.2, 0) is 18.8 Å². The summed E-state index contributed by atoms with van der Waals surface area (Å²) in [7, 11) is 4.21. The molecular weight excluding hydrogens is 489 g/mol. The number of nitrogens with one attached hydrogen (secondary N) is 1. The van der Waals surface area contributed by atoms with Gasteiger partial charge >= 0.3 is 6.09 Å². The quantitative estimate of drug-likeness (QED) is 0.198. The number of pyridine rings is 2. The summed E-state index contributed by atoms with van der Waals surface area (Å²) in [5.74, 6) is 0. The maximum absolute atomic E-state index is 11.9. The molecule has 0 spiro atoms. The minimum atomic E-state index is -0.439. The lowest BCUT2D eigenvalue weighted by molar-refractivity contribution is -0.412. The number of nitrogens with zero attached hydrogens (tertiary/aromatic N) is 2. The molecule has 0 radical (unpaired) electrons. The molecular formula is C24H22IN3O2. The van der Waals surface area contributed by atoms with Crippen molar-refractivity contribution in [3.8, 4) is 0 Å². The standard InChI is InChI=1S/C24H21N3O2.HI/c1-4-29-24(28)25-15-12-13-16-17-9-7-11-20-22(17)23(27(3)21(16)14-15)18-8-5-6-10-19(18)26(20)2;/h5-14H,4H2,1-3H3;1H. The molecule has 1 N–H and O–H groups in total. The molecule has 1 amide bonds. The van der Waals surface area contributed by atoms with Crippen LogP contribution in [-0.4, -0.2) is 21.8 Å². The predicted molar refractivity (Wildman–Crippen MR) is 116 cm³/mol. The fourth-order valence-electron chi connectivity index (χ4n) is 4.39. The first kappa shape index (κ1) is 20.4. The number of aromatic nitrogens is 2. The van der Waals surface area contributed by atoms with E-state index in [2.05, 4.69) is 76.8 Å². The predicted octanol–water partition coefficient (Wildman–Crippen LogP) is 0.118. The van der Waals surface area contributed by atoms with Crippen molar-refractivity contribution < 1.29 is 38.5 Å². The van der Waals surface area contributed by atoms with Gasteiger partial charge in [0.2, 0.25) is 5.36 Å². The molecule has 0 aliphatic heterocycles. The Morgan fingerprint density at radius 1 is 0.867 bits per heavy atom. The Labute approximate surface area is 190 Å². The molecule has 0 unspecified atom stereocenters. The topological polar surface area (TPSA) is 50.1 Å². The number of hydrogen-bond acceptors (Lipinski definition) is 2. The van der Waals surface area contributed by atoms with Crippen molar-refractivity contribution >= 4 is 49.7 Å². The van der Waals surface area contributed by atoms with Gasteiger partial charge in [0.05, 0.1) is 28.7 Å². The van der Waals surface area contributed by atoms with Gasteiger partial charge in [-0.25, -0.2) is 0 Å². The van der Waals surface area contributed by atoms with Crippen molar-refractivity contribution in [1.29, 1.82) is 0 Å². The molecule has 0 bridgehead atoms. The summed E-state index contributed by atoms with van der Waals surface area (Å²) in [5, 5.41) is 5.52. The summed E-state index contributed by atoms with van der Waals surface area (Å²) in [6, 6.07) is 20.9. The van der Waals surface area contributed by atoms with Crippen molar-refractivity contribution in [1.82, 2.24) is 9.13 Å². The van der Waals surface area contributed by atoms with Crippen LogP contribution in [0.2, 0.25) is 0 Å². The van der Waals surface area contributed by atoms with Crippen LogP contribution >= 0.6 is 0 Å². The normalized spacial score (nSPS) is 12.0. The van der Waals surface area contributed by atoms with E-state index in [0.29, 0.717) is 6.61 Å². The second-order valence-electron chi connectivity index (χ2n) is 7.26. The van der Waals surface area contributed by atoms with Gasteiger partial charge in [-0.15, -0.1) is 4.99 Å². The van der Waals surface area contributed by atoms with Gasteiger partial charge in [0.1, 0.15) is 0 Å². The third-order valence-corrected chi connectivity index (χ3v) is 5.67. The van der Waals surface area contributed by atoms with Crippen LogP contribution in [0.5, 0.6) is 0 Å². The van der Waals surface area contributed by atoms with Gasteiger partial charge in [-0.2, -0.15) is 4.79 Å². The number of aryl methyl sites for hydroxylation is 2. The van der Waals surface area contributed by atoms with Crippen molar-refractivity contribution in [3.05, 3.63) is 66.0 Å². The summed E-state index contributed by atoms with van der Waals surface area (Å²) in [4.78, 5) is 14.7. The van der Waals surface area contributed by atoms with Crippen molar-refractivity contribution in [2.24, 2.45) is 14.1 Å². The second kappa shape index (κ2) is 7.75. The third kappa shape index (κ3) is 2.98. The Morgan fingerprint density at radius 3 is 2.40 bits per heavy atom. The van der Waals surface area contributed by atoms with E-state index in [0.717, 1.165) is 16.3 Å². The number of amides is 1. The maximum Gasteiger partial charge on any atom is 0.595 e. The average molecular weight is 511 g/mol. The number of fused-ring (bicyclic) bond motifs is 4. The van der Waals surface area contributed by atoms with Crippen LogP contribution < -0.4 is 34.3 Å². The van der Waals surface area contributed by atoms with Gasteiger partial charge in [0, 0.05) is 42.4 Å². The highest BCUT2D eigenvalue weighted by Crippen LogP contribution is 2.36. The van der Waals surface area contributed by atoms with Gasteiger partial charge < -0.3 is 37.8 Å². The number of rotatable bonds is 1. The Morgan fingerprint density at radius 2 is 1.60 bits per heavy atom. The van der Waals surface area contributed by atoms with E-state index in [1.807, 2.05) is 12.1 Å². The Balaban J connectivity index is 0.00000218. The largest absolute Gasteiger partial charge is 1.00 e. The Bertz CT molecular complexity index is 1510. The number of para-hydroxylation sites is 1. The van der Waals surface area contributed by atoms with E-state index >= 15 is 0 Å². The van der Waals surface area contributed by atoms with Crippen molar-refractivity contribution in [3.63, 3.8) is 0 Å². The third-order valence-electron chi connectivity index (χ3n) is 5.67.